The van der Waals surface area contributed by atoms with E-state index in [-0.39, 0.29) is 6.04 Å². The number of aromatic nitrogens is 1. The average Bonchev–Trinajstić information content (AvgIpc) is 3.74. The molecular weight excluding hydrogens is 510 g/mol. The number of rotatable bonds is 9. The molecular formula is C34H45N5O2. The van der Waals surface area contributed by atoms with Crippen LogP contribution in [0.25, 0.3) is 0 Å². The Balaban J connectivity index is 1.04. The minimum Gasteiger partial charge on any atom is -0.480 e. The predicted molar refractivity (Wildman–Crippen MR) is 161 cm³/mol. The fourth-order valence-electron chi connectivity index (χ4n) is 7.88. The second kappa shape index (κ2) is 12.5. The molecule has 7 nitrogen and oxygen atoms in total. The number of nitriles is 1. The number of nitrogens with zero attached hydrogens (tertiary/aromatic N) is 5. The molecule has 0 bridgehead atoms. The van der Waals surface area contributed by atoms with Crippen LogP contribution in [0.15, 0.2) is 42.6 Å². The molecule has 3 saturated heterocycles. The topological polar surface area (TPSA) is 83.7 Å². The van der Waals surface area contributed by atoms with E-state index in [2.05, 4.69) is 56.9 Å². The minimum absolute atomic E-state index is 0.337. The Bertz CT molecular complexity index is 1220. The van der Waals surface area contributed by atoms with Gasteiger partial charge in [0.15, 0.2) is 0 Å². The van der Waals surface area contributed by atoms with E-state index in [0.717, 1.165) is 69.9 Å². The summed E-state index contributed by atoms with van der Waals surface area (Å²) < 4.78 is 0. The number of hydrogen-bond acceptors (Lipinski definition) is 6. The molecule has 218 valence electrons. The second-order valence-corrected chi connectivity index (χ2v) is 13.2. The molecule has 4 aliphatic rings. The normalized spacial score (nSPS) is 25.7. The SMILES string of the molecule is Cc1cccc(C2CN(C(CC3CC3)C(=O)O)CC2CN2CCC(C3CCN(c4ccc(C#N)cn4)CC3)CC2)c1. The first-order valence-corrected chi connectivity index (χ1v) is 15.8. The molecule has 41 heavy (non-hydrogen) atoms. The molecule has 0 radical (unpaired) electrons. The number of hydrogen-bond donors (Lipinski definition) is 1. The highest BCUT2D eigenvalue weighted by Gasteiger charge is 2.42. The first-order chi connectivity index (χ1) is 20.0. The molecule has 1 N–H and O–H groups in total. The fourth-order valence-corrected chi connectivity index (χ4v) is 7.88. The summed E-state index contributed by atoms with van der Waals surface area (Å²) in [6.07, 6.45) is 9.86. The molecule has 7 heteroatoms. The van der Waals surface area contributed by atoms with Crippen molar-refractivity contribution in [3.05, 3.63) is 59.3 Å². The number of carbonyl (C=O) groups is 1. The van der Waals surface area contributed by atoms with Crippen LogP contribution in [0.2, 0.25) is 0 Å². The Labute approximate surface area is 245 Å². The quantitative estimate of drug-likeness (QED) is 0.458. The Kier molecular flexibility index (Phi) is 8.60. The van der Waals surface area contributed by atoms with Gasteiger partial charge < -0.3 is 14.9 Å². The van der Waals surface area contributed by atoms with Gasteiger partial charge in [-0.05, 0) is 93.5 Å². The van der Waals surface area contributed by atoms with Crippen molar-refractivity contribution in [3.63, 3.8) is 0 Å². The number of piperidine rings is 2. The van der Waals surface area contributed by atoms with E-state index in [9.17, 15) is 9.90 Å². The van der Waals surface area contributed by atoms with Crippen LogP contribution in [0.3, 0.4) is 0 Å². The Morgan fingerprint density at radius 1 is 1.02 bits per heavy atom. The zero-order valence-corrected chi connectivity index (χ0v) is 24.5. The summed E-state index contributed by atoms with van der Waals surface area (Å²) in [5.74, 6) is 3.42. The Hall–Kier alpha value is -2.95. The number of pyridine rings is 1. The van der Waals surface area contributed by atoms with Crippen LogP contribution in [0, 0.1) is 41.9 Å². The summed E-state index contributed by atoms with van der Waals surface area (Å²) in [6.45, 7) is 9.39. The molecule has 0 spiro atoms. The molecule has 1 aromatic heterocycles. The van der Waals surface area contributed by atoms with Crippen LogP contribution in [-0.2, 0) is 4.79 Å². The maximum absolute atomic E-state index is 12.3. The first kappa shape index (κ1) is 28.2. The van der Waals surface area contributed by atoms with Gasteiger partial charge in [-0.15, -0.1) is 0 Å². The van der Waals surface area contributed by atoms with Gasteiger partial charge in [-0.3, -0.25) is 9.69 Å². The number of carboxylic acid groups (broad SMARTS) is 1. The molecule has 6 rings (SSSR count). The zero-order chi connectivity index (χ0) is 28.3. The largest absolute Gasteiger partial charge is 0.480 e. The lowest BCUT2D eigenvalue weighted by molar-refractivity contribution is -0.143. The van der Waals surface area contributed by atoms with Crippen molar-refractivity contribution in [1.29, 1.82) is 5.26 Å². The van der Waals surface area contributed by atoms with Gasteiger partial charge in [0.25, 0.3) is 0 Å². The van der Waals surface area contributed by atoms with Crippen molar-refractivity contribution in [3.8, 4) is 6.07 Å². The van der Waals surface area contributed by atoms with E-state index in [1.165, 1.54) is 49.7 Å². The van der Waals surface area contributed by atoms with E-state index in [4.69, 9.17) is 5.26 Å². The highest BCUT2D eigenvalue weighted by Crippen LogP contribution is 2.40. The van der Waals surface area contributed by atoms with Gasteiger partial charge in [0.2, 0.25) is 0 Å². The lowest BCUT2D eigenvalue weighted by atomic mass is 9.78. The van der Waals surface area contributed by atoms with Crippen molar-refractivity contribution in [1.82, 2.24) is 14.8 Å². The number of aryl methyl sites for hydroxylation is 1. The molecule has 0 amide bonds. The van der Waals surface area contributed by atoms with Gasteiger partial charge in [0, 0.05) is 44.8 Å². The number of anilines is 1. The maximum atomic E-state index is 12.3. The molecule has 1 saturated carbocycles. The molecule has 1 aliphatic carbocycles. The van der Waals surface area contributed by atoms with Crippen LogP contribution >= 0.6 is 0 Å². The predicted octanol–water partition coefficient (Wildman–Crippen LogP) is 5.16. The molecule has 4 heterocycles. The zero-order valence-electron chi connectivity index (χ0n) is 24.5. The standard InChI is InChI=1S/C34H45N5O2/c1-24-3-2-4-29(17-24)31-23-39(32(34(40)41)18-25-5-6-25)22-30(31)21-37-13-9-27(10-14-37)28-11-15-38(16-12-28)33-8-7-26(19-35)20-36-33/h2-4,7-8,17,20,25,27-28,30-32H,5-6,9-16,18,21-23H2,1H3,(H,40,41). The van der Waals surface area contributed by atoms with Gasteiger partial charge in [-0.1, -0.05) is 42.7 Å². The van der Waals surface area contributed by atoms with Crippen LogP contribution in [0.4, 0.5) is 5.82 Å². The van der Waals surface area contributed by atoms with Crippen molar-refractivity contribution in [2.24, 2.45) is 23.7 Å². The van der Waals surface area contributed by atoms with Crippen LogP contribution in [-0.4, -0.2) is 77.7 Å². The van der Waals surface area contributed by atoms with Gasteiger partial charge in [0.05, 0.1) is 5.56 Å². The maximum Gasteiger partial charge on any atom is 0.320 e. The highest BCUT2D eigenvalue weighted by atomic mass is 16.4. The van der Waals surface area contributed by atoms with E-state index in [0.29, 0.717) is 23.3 Å². The monoisotopic (exact) mass is 555 g/mol. The molecule has 3 atom stereocenters. The van der Waals surface area contributed by atoms with E-state index >= 15 is 0 Å². The number of likely N-dealkylation sites (tertiary alicyclic amines) is 2. The Morgan fingerprint density at radius 2 is 1.76 bits per heavy atom. The van der Waals surface area contributed by atoms with Crippen LogP contribution in [0.5, 0.6) is 0 Å². The molecule has 2 aromatic rings. The van der Waals surface area contributed by atoms with Crippen molar-refractivity contribution in [2.45, 2.75) is 63.8 Å². The molecule has 1 aromatic carbocycles. The van der Waals surface area contributed by atoms with Crippen LogP contribution < -0.4 is 4.90 Å². The van der Waals surface area contributed by atoms with Gasteiger partial charge in [-0.25, -0.2) is 4.98 Å². The van der Waals surface area contributed by atoms with Crippen molar-refractivity contribution >= 4 is 11.8 Å². The summed E-state index contributed by atoms with van der Waals surface area (Å²) in [5, 5.41) is 19.1. The lowest BCUT2D eigenvalue weighted by Gasteiger charge is -2.41. The second-order valence-electron chi connectivity index (χ2n) is 13.2. The number of aliphatic carboxylic acids is 1. The van der Waals surface area contributed by atoms with Gasteiger partial charge >= 0.3 is 5.97 Å². The summed E-state index contributed by atoms with van der Waals surface area (Å²) in [7, 11) is 0. The third kappa shape index (κ3) is 6.76. The minimum atomic E-state index is -0.637. The molecule has 3 aliphatic heterocycles. The molecule has 3 unspecified atom stereocenters. The Morgan fingerprint density at radius 3 is 2.37 bits per heavy atom. The summed E-state index contributed by atoms with van der Waals surface area (Å²) in [5.41, 5.74) is 3.28. The fraction of sp³-hybridized carbons (Fsp3) is 0.618. The highest BCUT2D eigenvalue weighted by molar-refractivity contribution is 5.73. The smallest absolute Gasteiger partial charge is 0.320 e. The lowest BCUT2D eigenvalue weighted by Crippen LogP contribution is -2.43. The van der Waals surface area contributed by atoms with E-state index in [1.54, 1.807) is 6.20 Å². The van der Waals surface area contributed by atoms with E-state index in [1.807, 2.05) is 12.1 Å². The van der Waals surface area contributed by atoms with Gasteiger partial charge in [-0.2, -0.15) is 5.26 Å². The van der Waals surface area contributed by atoms with Gasteiger partial charge in [0.1, 0.15) is 17.9 Å². The number of benzene rings is 1. The third-order valence-electron chi connectivity index (χ3n) is 10.5. The third-order valence-corrected chi connectivity index (χ3v) is 10.5. The summed E-state index contributed by atoms with van der Waals surface area (Å²) in [4.78, 5) is 24.2. The van der Waals surface area contributed by atoms with Crippen molar-refractivity contribution < 1.29 is 9.90 Å². The summed E-state index contributed by atoms with van der Waals surface area (Å²) in [6, 6.07) is 14.6. The summed E-state index contributed by atoms with van der Waals surface area (Å²) >= 11 is 0. The van der Waals surface area contributed by atoms with E-state index < -0.39 is 5.97 Å². The van der Waals surface area contributed by atoms with Crippen molar-refractivity contribution in [2.75, 3.05) is 50.7 Å². The first-order valence-electron chi connectivity index (χ1n) is 15.8. The number of carboxylic acids is 1. The molecule has 4 fully saturated rings. The average molecular weight is 556 g/mol. The van der Waals surface area contributed by atoms with Crippen LogP contribution in [0.1, 0.15) is 67.6 Å².